The van der Waals surface area contributed by atoms with Gasteiger partial charge in [-0.15, -0.1) is 0 Å². The fraction of sp³-hybridized carbons (Fsp3) is 0. The summed E-state index contributed by atoms with van der Waals surface area (Å²) in [5.41, 5.74) is 14.9. The number of halogens is 3. The minimum absolute atomic E-state index is 0.0201. The maximum atomic E-state index is 13.5. The van der Waals surface area contributed by atoms with Gasteiger partial charge in [-0.2, -0.15) is 0 Å². The number of hydrogen-bond acceptors (Lipinski definition) is 4. The summed E-state index contributed by atoms with van der Waals surface area (Å²) in [7, 11) is 0. The third-order valence-electron chi connectivity index (χ3n) is 4.13. The lowest BCUT2D eigenvalue weighted by Crippen LogP contribution is -1.92. The van der Waals surface area contributed by atoms with Crippen molar-refractivity contribution >= 4 is 34.1 Å². The Bertz CT molecular complexity index is 1140. The van der Waals surface area contributed by atoms with Gasteiger partial charge >= 0.3 is 0 Å². The van der Waals surface area contributed by atoms with Gasteiger partial charge in [-0.3, -0.25) is 4.98 Å². The fourth-order valence-electron chi connectivity index (χ4n) is 2.84. The molecule has 0 aliphatic carbocycles. The van der Waals surface area contributed by atoms with Crippen LogP contribution in [0.15, 0.2) is 53.1 Å². The normalized spacial score (nSPS) is 11.2. The average Bonchev–Trinajstić information content (AvgIpc) is 2.93. The van der Waals surface area contributed by atoms with E-state index in [9.17, 15) is 8.78 Å². The van der Waals surface area contributed by atoms with E-state index in [1.807, 2.05) is 0 Å². The van der Waals surface area contributed by atoms with Crippen molar-refractivity contribution in [3.8, 4) is 22.4 Å². The van der Waals surface area contributed by atoms with Gasteiger partial charge in [-0.05, 0) is 42.0 Å². The molecule has 26 heavy (non-hydrogen) atoms. The molecule has 4 nitrogen and oxygen atoms in total. The molecule has 0 saturated carbocycles. The molecule has 0 fully saturated rings. The molecule has 0 aliphatic heterocycles. The second-order valence-corrected chi connectivity index (χ2v) is 6.15. The lowest BCUT2D eigenvalue weighted by Gasteiger charge is -2.08. The molecule has 4 rings (SSSR count). The van der Waals surface area contributed by atoms with Gasteiger partial charge in [0.2, 0.25) is 5.88 Å². The number of anilines is 2. The number of benzene rings is 2. The van der Waals surface area contributed by atoms with E-state index in [1.165, 1.54) is 24.3 Å². The quantitative estimate of drug-likeness (QED) is 0.504. The molecule has 0 bridgehead atoms. The van der Waals surface area contributed by atoms with E-state index in [-0.39, 0.29) is 22.4 Å². The smallest absolute Gasteiger partial charge is 0.215 e. The summed E-state index contributed by atoms with van der Waals surface area (Å²) in [5.74, 6) is -0.839. The van der Waals surface area contributed by atoms with Gasteiger partial charge in [-0.1, -0.05) is 17.7 Å². The fourth-order valence-corrected chi connectivity index (χ4v) is 3.02. The zero-order valence-electron chi connectivity index (χ0n) is 13.3. The Morgan fingerprint density at radius 1 is 0.962 bits per heavy atom. The predicted octanol–water partition coefficient (Wildman–Crippen LogP) is 5.26. The average molecular weight is 372 g/mol. The minimum Gasteiger partial charge on any atom is -0.436 e. The molecule has 0 radical (unpaired) electrons. The number of pyridine rings is 1. The summed E-state index contributed by atoms with van der Waals surface area (Å²) in [6, 6.07) is 10.1. The highest BCUT2D eigenvalue weighted by molar-refractivity contribution is 6.31. The van der Waals surface area contributed by atoms with Gasteiger partial charge in [0.15, 0.2) is 5.58 Å². The van der Waals surface area contributed by atoms with E-state index in [1.54, 1.807) is 24.4 Å². The molecule has 0 atom stereocenters. The van der Waals surface area contributed by atoms with Crippen LogP contribution in [-0.4, -0.2) is 4.98 Å². The molecule has 0 amide bonds. The SMILES string of the molecule is Nc1oc2c(-c3ccc(F)cc3)ncc(-c3ccc(F)c(Cl)c3)c2c1N. The molecular weight excluding hydrogens is 360 g/mol. The number of nitrogens with zero attached hydrogens (tertiary/aromatic N) is 1. The van der Waals surface area contributed by atoms with Crippen molar-refractivity contribution in [3.05, 3.63) is 65.3 Å². The third kappa shape index (κ3) is 2.55. The van der Waals surface area contributed by atoms with Gasteiger partial charge in [-0.25, -0.2) is 8.78 Å². The van der Waals surface area contributed by atoms with Crippen molar-refractivity contribution in [1.29, 1.82) is 0 Å². The molecular formula is C19H12ClF2N3O. The summed E-state index contributed by atoms with van der Waals surface area (Å²) in [6.45, 7) is 0. The monoisotopic (exact) mass is 371 g/mol. The van der Waals surface area contributed by atoms with Gasteiger partial charge in [0, 0.05) is 17.3 Å². The first kappa shape index (κ1) is 16.4. The number of nitrogen functional groups attached to an aromatic ring is 2. The highest BCUT2D eigenvalue weighted by Gasteiger charge is 2.20. The molecule has 0 spiro atoms. The summed E-state index contributed by atoms with van der Waals surface area (Å²) in [6.07, 6.45) is 1.58. The molecule has 130 valence electrons. The van der Waals surface area contributed by atoms with Crippen molar-refractivity contribution in [3.63, 3.8) is 0 Å². The third-order valence-corrected chi connectivity index (χ3v) is 4.42. The molecule has 0 saturated heterocycles. The largest absolute Gasteiger partial charge is 0.436 e. The molecule has 7 heteroatoms. The highest BCUT2D eigenvalue weighted by atomic mass is 35.5. The van der Waals surface area contributed by atoms with Crippen LogP contribution in [0.3, 0.4) is 0 Å². The van der Waals surface area contributed by atoms with E-state index >= 15 is 0 Å². The van der Waals surface area contributed by atoms with Crippen LogP contribution >= 0.6 is 11.6 Å². The summed E-state index contributed by atoms with van der Waals surface area (Å²) >= 11 is 5.89. The Kier molecular flexibility index (Phi) is 3.77. The number of hydrogen-bond donors (Lipinski definition) is 2. The van der Waals surface area contributed by atoms with Crippen LogP contribution in [0.25, 0.3) is 33.4 Å². The second kappa shape index (κ2) is 6.00. The summed E-state index contributed by atoms with van der Waals surface area (Å²) < 4.78 is 32.3. The van der Waals surface area contributed by atoms with Crippen LogP contribution in [0.2, 0.25) is 5.02 Å². The molecule has 0 unspecified atom stereocenters. The van der Waals surface area contributed by atoms with Crippen LogP contribution < -0.4 is 11.5 Å². The van der Waals surface area contributed by atoms with E-state index in [0.717, 1.165) is 0 Å². The Morgan fingerprint density at radius 2 is 1.65 bits per heavy atom. The molecule has 2 aromatic heterocycles. The molecule has 2 aromatic carbocycles. The molecule has 4 N–H and O–H groups in total. The van der Waals surface area contributed by atoms with E-state index in [0.29, 0.717) is 33.4 Å². The van der Waals surface area contributed by atoms with Crippen LogP contribution in [-0.2, 0) is 0 Å². The summed E-state index contributed by atoms with van der Waals surface area (Å²) in [5, 5.41) is 0.521. The predicted molar refractivity (Wildman–Crippen MR) is 98.6 cm³/mol. The van der Waals surface area contributed by atoms with Crippen molar-refractivity contribution < 1.29 is 13.2 Å². The van der Waals surface area contributed by atoms with Crippen molar-refractivity contribution in [2.24, 2.45) is 0 Å². The van der Waals surface area contributed by atoms with Crippen molar-refractivity contribution in [2.75, 3.05) is 11.5 Å². The zero-order valence-corrected chi connectivity index (χ0v) is 14.0. The van der Waals surface area contributed by atoms with E-state index < -0.39 is 5.82 Å². The Hall–Kier alpha value is -3.12. The number of fused-ring (bicyclic) bond motifs is 1. The van der Waals surface area contributed by atoms with Gasteiger partial charge in [0.05, 0.1) is 10.4 Å². The standard InChI is InChI=1S/C19H12ClF2N3O/c20-13-7-10(3-6-14(13)22)12-8-25-17(9-1-4-11(21)5-2-9)18-15(12)16(23)19(24)26-18/h1-8H,23-24H2. The van der Waals surface area contributed by atoms with Crippen molar-refractivity contribution in [1.82, 2.24) is 4.98 Å². The minimum atomic E-state index is -0.526. The topological polar surface area (TPSA) is 78.1 Å². The maximum Gasteiger partial charge on any atom is 0.215 e. The number of nitrogens with two attached hydrogens (primary N) is 2. The van der Waals surface area contributed by atoms with Gasteiger partial charge in [0.1, 0.15) is 23.0 Å². The second-order valence-electron chi connectivity index (χ2n) is 5.74. The van der Waals surface area contributed by atoms with Gasteiger partial charge < -0.3 is 15.9 Å². The van der Waals surface area contributed by atoms with Crippen molar-refractivity contribution in [2.45, 2.75) is 0 Å². The first-order chi connectivity index (χ1) is 12.5. The highest BCUT2D eigenvalue weighted by Crippen LogP contribution is 2.42. The Balaban J connectivity index is 2.01. The maximum absolute atomic E-state index is 13.5. The molecule has 0 aliphatic rings. The van der Waals surface area contributed by atoms with Gasteiger partial charge in [0.25, 0.3) is 0 Å². The van der Waals surface area contributed by atoms with E-state index in [2.05, 4.69) is 4.98 Å². The number of rotatable bonds is 2. The lowest BCUT2D eigenvalue weighted by molar-refractivity contribution is 0.627. The molecule has 2 heterocycles. The Labute approximate surface area is 152 Å². The first-order valence-electron chi connectivity index (χ1n) is 7.63. The summed E-state index contributed by atoms with van der Waals surface area (Å²) in [4.78, 5) is 4.43. The Morgan fingerprint density at radius 3 is 2.35 bits per heavy atom. The number of furan rings is 1. The first-order valence-corrected chi connectivity index (χ1v) is 8.01. The number of aromatic nitrogens is 1. The van der Waals surface area contributed by atoms with Crippen LogP contribution in [0.5, 0.6) is 0 Å². The van der Waals surface area contributed by atoms with Crippen LogP contribution in [0.4, 0.5) is 20.4 Å². The van der Waals surface area contributed by atoms with E-state index in [4.69, 9.17) is 27.5 Å². The lowest BCUT2D eigenvalue weighted by atomic mass is 10.0. The van der Waals surface area contributed by atoms with Crippen LogP contribution in [0, 0.1) is 11.6 Å². The van der Waals surface area contributed by atoms with Crippen LogP contribution in [0.1, 0.15) is 0 Å². The zero-order chi connectivity index (χ0) is 18.4. The molecule has 4 aromatic rings.